The maximum Gasteiger partial charge on any atom is 0.334 e. The maximum absolute atomic E-state index is 12.4. The van der Waals surface area contributed by atoms with E-state index in [1.807, 2.05) is 18.2 Å². The molecule has 0 atom stereocenters. The van der Waals surface area contributed by atoms with Crippen LogP contribution in [0.2, 0.25) is 0 Å². The highest BCUT2D eigenvalue weighted by atomic mass is 16.7. The number of carbonyl (C=O) groups excluding carboxylic acids is 3. The number of amides is 2. The fraction of sp³-hybridized carbons (Fsp3) is 0.211. The van der Waals surface area contributed by atoms with Gasteiger partial charge in [0.1, 0.15) is 0 Å². The molecular formula is C19H18N2O5. The van der Waals surface area contributed by atoms with Gasteiger partial charge in [-0.15, -0.1) is 0 Å². The molecule has 0 saturated carbocycles. The summed E-state index contributed by atoms with van der Waals surface area (Å²) in [5.41, 5.74) is 3.66. The summed E-state index contributed by atoms with van der Waals surface area (Å²) in [4.78, 5) is 40.2. The fourth-order valence-electron chi connectivity index (χ4n) is 2.85. The second-order valence-corrected chi connectivity index (χ2v) is 5.87. The smallest absolute Gasteiger partial charge is 0.334 e. The van der Waals surface area contributed by atoms with E-state index in [2.05, 4.69) is 5.32 Å². The van der Waals surface area contributed by atoms with Gasteiger partial charge < -0.3 is 15.3 Å². The van der Waals surface area contributed by atoms with Gasteiger partial charge in [-0.2, -0.15) is 5.06 Å². The van der Waals surface area contributed by atoms with Gasteiger partial charge in [-0.1, -0.05) is 24.3 Å². The number of fused-ring (bicyclic) bond motifs is 1. The van der Waals surface area contributed by atoms with Crippen molar-refractivity contribution in [2.24, 2.45) is 0 Å². The molecule has 1 aliphatic rings. The normalized spacial score (nSPS) is 12.7. The molecule has 0 fully saturated rings. The van der Waals surface area contributed by atoms with E-state index >= 15 is 0 Å². The van der Waals surface area contributed by atoms with Crippen molar-refractivity contribution in [3.8, 4) is 11.1 Å². The van der Waals surface area contributed by atoms with Gasteiger partial charge in [0.15, 0.2) is 0 Å². The number of aliphatic hydroxyl groups excluding tert-OH is 1. The second kappa shape index (κ2) is 7.37. The minimum absolute atomic E-state index is 0.148. The Morgan fingerprint density at radius 1 is 1.15 bits per heavy atom. The molecule has 0 aliphatic carbocycles. The standard InChI is InChI=1S/C19H18N2O5/c1-12(23)20-14-7-5-13(6-8-14)15-3-2-4-16-17(15)11-21(19(16)25)26-18(24)9-10-22/h2-8,22H,9-11H2,1H3,(H,20,23). The van der Waals surface area contributed by atoms with Crippen molar-refractivity contribution in [1.29, 1.82) is 0 Å². The molecule has 7 nitrogen and oxygen atoms in total. The first-order valence-electron chi connectivity index (χ1n) is 8.13. The molecule has 2 aromatic carbocycles. The largest absolute Gasteiger partial charge is 0.396 e. The average Bonchev–Trinajstić information content (AvgIpc) is 2.91. The summed E-state index contributed by atoms with van der Waals surface area (Å²) in [6.07, 6.45) is -0.169. The SMILES string of the molecule is CC(=O)Nc1ccc(-c2cccc3c2CN(OC(=O)CCO)C3=O)cc1. The van der Waals surface area contributed by atoms with E-state index in [-0.39, 0.29) is 31.4 Å². The highest BCUT2D eigenvalue weighted by Crippen LogP contribution is 2.33. The zero-order valence-corrected chi connectivity index (χ0v) is 14.2. The lowest BCUT2D eigenvalue weighted by Crippen LogP contribution is -2.28. The first-order chi connectivity index (χ1) is 12.5. The highest BCUT2D eigenvalue weighted by molar-refractivity contribution is 6.00. The Kier molecular flexibility index (Phi) is 4.99. The molecule has 0 aromatic heterocycles. The van der Waals surface area contributed by atoms with Gasteiger partial charge in [-0.3, -0.25) is 9.59 Å². The Morgan fingerprint density at radius 2 is 1.85 bits per heavy atom. The van der Waals surface area contributed by atoms with Crippen molar-refractivity contribution < 1.29 is 24.3 Å². The van der Waals surface area contributed by atoms with E-state index in [0.29, 0.717) is 11.3 Å². The first kappa shape index (κ1) is 17.6. The van der Waals surface area contributed by atoms with Gasteiger partial charge >= 0.3 is 5.97 Å². The number of anilines is 1. The van der Waals surface area contributed by atoms with E-state index in [1.165, 1.54) is 6.92 Å². The fourth-order valence-corrected chi connectivity index (χ4v) is 2.85. The van der Waals surface area contributed by atoms with Crippen molar-refractivity contribution in [3.05, 3.63) is 53.6 Å². The summed E-state index contributed by atoms with van der Waals surface area (Å²) < 4.78 is 0. The molecule has 1 heterocycles. The van der Waals surface area contributed by atoms with Crippen LogP contribution < -0.4 is 5.32 Å². The third-order valence-corrected chi connectivity index (χ3v) is 3.98. The molecule has 134 valence electrons. The van der Waals surface area contributed by atoms with Crippen LogP contribution in [0.5, 0.6) is 0 Å². The lowest BCUT2D eigenvalue weighted by atomic mass is 9.97. The Balaban J connectivity index is 1.86. The molecule has 0 bridgehead atoms. The second-order valence-electron chi connectivity index (χ2n) is 5.87. The summed E-state index contributed by atoms with van der Waals surface area (Å²) in [7, 11) is 0. The molecule has 3 rings (SSSR count). The van der Waals surface area contributed by atoms with Crippen molar-refractivity contribution in [1.82, 2.24) is 5.06 Å². The van der Waals surface area contributed by atoms with Gasteiger partial charge in [-0.05, 0) is 34.9 Å². The Hall–Kier alpha value is -3.19. The maximum atomic E-state index is 12.4. The number of hydrogen-bond donors (Lipinski definition) is 2. The van der Waals surface area contributed by atoms with Crippen LogP contribution in [-0.4, -0.2) is 34.6 Å². The molecule has 2 amide bonds. The average molecular weight is 354 g/mol. The van der Waals surface area contributed by atoms with Crippen LogP contribution in [0, 0.1) is 0 Å². The number of nitrogens with one attached hydrogen (secondary N) is 1. The number of rotatable bonds is 5. The Labute approximate surface area is 150 Å². The third kappa shape index (κ3) is 3.57. The lowest BCUT2D eigenvalue weighted by Gasteiger charge is -2.14. The first-order valence-corrected chi connectivity index (χ1v) is 8.13. The Morgan fingerprint density at radius 3 is 2.50 bits per heavy atom. The van der Waals surface area contributed by atoms with E-state index in [1.54, 1.807) is 24.3 Å². The molecule has 0 radical (unpaired) electrons. The van der Waals surface area contributed by atoms with E-state index in [0.717, 1.165) is 21.8 Å². The minimum Gasteiger partial charge on any atom is -0.396 e. The van der Waals surface area contributed by atoms with Crippen LogP contribution in [0.4, 0.5) is 5.69 Å². The molecule has 0 saturated heterocycles. The quantitative estimate of drug-likeness (QED) is 0.857. The van der Waals surface area contributed by atoms with Gasteiger partial charge in [0.25, 0.3) is 5.91 Å². The third-order valence-electron chi connectivity index (χ3n) is 3.98. The summed E-state index contributed by atoms with van der Waals surface area (Å²) >= 11 is 0. The van der Waals surface area contributed by atoms with Crippen LogP contribution >= 0.6 is 0 Å². The summed E-state index contributed by atoms with van der Waals surface area (Å²) in [6.45, 7) is 1.25. The predicted octanol–water partition coefficient (Wildman–Crippen LogP) is 2.11. The number of aliphatic hydroxyl groups is 1. The van der Waals surface area contributed by atoms with Crippen LogP contribution in [0.25, 0.3) is 11.1 Å². The summed E-state index contributed by atoms with van der Waals surface area (Å²) in [6, 6.07) is 12.6. The zero-order chi connectivity index (χ0) is 18.7. The molecular weight excluding hydrogens is 336 g/mol. The minimum atomic E-state index is -0.658. The molecule has 0 unspecified atom stereocenters. The number of hydrogen-bond acceptors (Lipinski definition) is 5. The van der Waals surface area contributed by atoms with Gasteiger partial charge in [-0.25, -0.2) is 4.79 Å². The van der Waals surface area contributed by atoms with Gasteiger partial charge in [0, 0.05) is 18.2 Å². The van der Waals surface area contributed by atoms with Crippen LogP contribution in [0.15, 0.2) is 42.5 Å². The number of benzene rings is 2. The molecule has 2 N–H and O–H groups in total. The molecule has 0 spiro atoms. The highest BCUT2D eigenvalue weighted by Gasteiger charge is 2.32. The van der Waals surface area contributed by atoms with Crippen molar-refractivity contribution in [2.45, 2.75) is 19.9 Å². The van der Waals surface area contributed by atoms with Crippen LogP contribution in [0.1, 0.15) is 29.3 Å². The number of hydroxylamine groups is 2. The topological polar surface area (TPSA) is 95.9 Å². The summed E-state index contributed by atoms with van der Waals surface area (Å²) in [5.74, 6) is -1.19. The summed E-state index contributed by atoms with van der Waals surface area (Å²) in [5, 5.41) is 12.5. The van der Waals surface area contributed by atoms with Crippen LogP contribution in [-0.2, 0) is 21.0 Å². The van der Waals surface area contributed by atoms with Crippen molar-refractivity contribution in [3.63, 3.8) is 0 Å². The van der Waals surface area contributed by atoms with Crippen molar-refractivity contribution in [2.75, 3.05) is 11.9 Å². The Bertz CT molecular complexity index is 861. The number of nitrogens with zero attached hydrogens (tertiary/aromatic N) is 1. The van der Waals surface area contributed by atoms with Gasteiger partial charge in [0.05, 0.1) is 19.6 Å². The molecule has 7 heteroatoms. The monoisotopic (exact) mass is 354 g/mol. The molecule has 26 heavy (non-hydrogen) atoms. The molecule has 2 aromatic rings. The molecule has 1 aliphatic heterocycles. The number of carbonyl (C=O) groups is 3. The van der Waals surface area contributed by atoms with Crippen molar-refractivity contribution >= 4 is 23.5 Å². The van der Waals surface area contributed by atoms with E-state index < -0.39 is 5.97 Å². The van der Waals surface area contributed by atoms with E-state index in [9.17, 15) is 14.4 Å². The predicted molar refractivity (Wildman–Crippen MR) is 93.9 cm³/mol. The zero-order valence-electron chi connectivity index (χ0n) is 14.2. The van der Waals surface area contributed by atoms with E-state index in [4.69, 9.17) is 9.94 Å². The lowest BCUT2D eigenvalue weighted by molar-refractivity contribution is -0.179. The van der Waals surface area contributed by atoms with Crippen LogP contribution in [0.3, 0.4) is 0 Å². The van der Waals surface area contributed by atoms with Gasteiger partial charge in [0.2, 0.25) is 5.91 Å².